The van der Waals surface area contributed by atoms with E-state index in [1.54, 1.807) is 24.5 Å². The van der Waals surface area contributed by atoms with Crippen LogP contribution < -0.4 is 19.8 Å². The van der Waals surface area contributed by atoms with E-state index < -0.39 is 16.6 Å². The minimum Gasteiger partial charge on any atom is -0.462 e. The van der Waals surface area contributed by atoms with E-state index in [1.165, 1.54) is 12.8 Å². The lowest BCUT2D eigenvalue weighted by Crippen LogP contribution is -2.41. The summed E-state index contributed by atoms with van der Waals surface area (Å²) < 4.78 is 38.7. The summed E-state index contributed by atoms with van der Waals surface area (Å²) in [6, 6.07) is 10.7. The van der Waals surface area contributed by atoms with Crippen LogP contribution in [0.25, 0.3) is 11.0 Å². The first-order valence-corrected chi connectivity index (χ1v) is 15.6. The first kappa shape index (κ1) is 26.9. The number of rotatable bonds is 8. The van der Waals surface area contributed by atoms with Gasteiger partial charge in [0.1, 0.15) is 0 Å². The molecule has 2 aromatic carbocycles. The highest BCUT2D eigenvalue weighted by Crippen LogP contribution is 2.54. The van der Waals surface area contributed by atoms with Crippen molar-refractivity contribution in [3.63, 3.8) is 0 Å². The largest absolute Gasteiger partial charge is 0.462 e. The van der Waals surface area contributed by atoms with E-state index in [1.807, 2.05) is 25.1 Å². The summed E-state index contributed by atoms with van der Waals surface area (Å²) in [4.78, 5) is 18.1. The average molecular weight is 569 g/mol. The highest BCUT2D eigenvalue weighted by Gasteiger charge is 2.44. The zero-order valence-electron chi connectivity index (χ0n) is 22.7. The summed E-state index contributed by atoms with van der Waals surface area (Å²) >= 11 is 0. The molecule has 1 atom stereocenters. The Morgan fingerprint density at radius 1 is 1.05 bits per heavy atom. The van der Waals surface area contributed by atoms with Crippen LogP contribution in [0.15, 0.2) is 47.1 Å². The maximum Gasteiger partial charge on any atom is 0.255 e. The van der Waals surface area contributed by atoms with Gasteiger partial charge in [0.25, 0.3) is 5.91 Å². The van der Waals surface area contributed by atoms with Gasteiger partial charge in [-0.15, -0.1) is 0 Å². The number of furan rings is 1. The maximum absolute atomic E-state index is 13.7. The first-order chi connectivity index (χ1) is 19.2. The molecule has 0 unspecified atom stereocenters. The topological polar surface area (TPSA) is 124 Å². The Kier molecular flexibility index (Phi) is 7.14. The van der Waals surface area contributed by atoms with Crippen molar-refractivity contribution >= 4 is 49.6 Å². The van der Waals surface area contributed by atoms with Crippen molar-refractivity contribution in [2.24, 2.45) is 5.41 Å². The van der Waals surface area contributed by atoms with Gasteiger partial charge in [0.05, 0.1) is 54.1 Å². The van der Waals surface area contributed by atoms with Crippen LogP contribution in [0.2, 0.25) is 0 Å². The van der Waals surface area contributed by atoms with Crippen molar-refractivity contribution in [2.75, 3.05) is 65.0 Å². The van der Waals surface area contributed by atoms with Crippen molar-refractivity contribution in [3.05, 3.63) is 48.2 Å². The second kappa shape index (κ2) is 10.6. The molecule has 6 rings (SSSR count). The van der Waals surface area contributed by atoms with Crippen molar-refractivity contribution in [2.45, 2.75) is 38.7 Å². The van der Waals surface area contributed by atoms with Crippen molar-refractivity contribution in [1.82, 2.24) is 0 Å². The molecule has 1 saturated carbocycles. The second-order valence-corrected chi connectivity index (χ2v) is 13.1. The van der Waals surface area contributed by atoms with Gasteiger partial charge in [-0.2, -0.15) is 0 Å². The molecule has 11 heteroatoms. The second-order valence-electron chi connectivity index (χ2n) is 11.3. The minimum atomic E-state index is -3.68. The van der Waals surface area contributed by atoms with E-state index in [9.17, 15) is 13.2 Å². The Balaban J connectivity index is 1.30. The number of aliphatic hydroxyl groups is 1. The minimum absolute atomic E-state index is 0.0754. The number of fused-ring (bicyclic) bond motifs is 1. The lowest BCUT2D eigenvalue weighted by Gasteiger charge is -2.35. The predicted octanol–water partition coefficient (Wildman–Crippen LogP) is 4.02. The molecule has 0 bridgehead atoms. The molecule has 1 aromatic heterocycles. The summed E-state index contributed by atoms with van der Waals surface area (Å²) in [5.41, 5.74) is 4.38. The molecule has 3 heterocycles. The van der Waals surface area contributed by atoms with E-state index >= 15 is 0 Å². The van der Waals surface area contributed by atoms with Crippen LogP contribution in [0.1, 0.15) is 43.0 Å². The molecule has 2 saturated heterocycles. The molecule has 3 aromatic rings. The number of morpholine rings is 1. The van der Waals surface area contributed by atoms with Gasteiger partial charge in [-0.05, 0) is 74.4 Å². The first-order valence-electron chi connectivity index (χ1n) is 13.9. The number of carbonyl (C=O) groups excluding carboxylic acids is 1. The number of benzene rings is 2. The summed E-state index contributed by atoms with van der Waals surface area (Å²) in [5, 5.41) is 13.1. The lowest BCUT2D eigenvalue weighted by molar-refractivity contribution is 0.0532. The van der Waals surface area contributed by atoms with Crippen LogP contribution in [0, 0.1) is 5.41 Å². The molecular formula is C29H36N4O6S. The third-order valence-electron chi connectivity index (χ3n) is 8.38. The van der Waals surface area contributed by atoms with Crippen molar-refractivity contribution in [3.8, 4) is 0 Å². The van der Waals surface area contributed by atoms with E-state index in [2.05, 4.69) is 19.8 Å². The van der Waals surface area contributed by atoms with E-state index in [4.69, 9.17) is 14.3 Å². The van der Waals surface area contributed by atoms with E-state index in [0.29, 0.717) is 42.0 Å². The monoisotopic (exact) mass is 568 g/mol. The quantitative estimate of drug-likeness (QED) is 0.372. The van der Waals surface area contributed by atoms with Gasteiger partial charge in [0, 0.05) is 37.1 Å². The maximum atomic E-state index is 13.7. The number of piperidine rings is 1. The fourth-order valence-electron chi connectivity index (χ4n) is 5.87. The average Bonchev–Trinajstić information content (AvgIpc) is 3.50. The van der Waals surface area contributed by atoms with Crippen molar-refractivity contribution < 1.29 is 27.5 Å². The van der Waals surface area contributed by atoms with Crippen LogP contribution in [0.3, 0.4) is 0 Å². The van der Waals surface area contributed by atoms with Gasteiger partial charge in [0.2, 0.25) is 10.0 Å². The molecule has 2 aliphatic heterocycles. The molecule has 0 radical (unpaired) electrons. The molecule has 10 nitrogen and oxygen atoms in total. The van der Waals surface area contributed by atoms with Crippen LogP contribution in [0.4, 0.5) is 22.7 Å². The Bertz CT molecular complexity index is 1510. The molecular weight excluding hydrogens is 532 g/mol. The smallest absolute Gasteiger partial charge is 0.255 e. The van der Waals surface area contributed by atoms with Crippen LogP contribution in [-0.2, 0) is 14.8 Å². The number of anilines is 4. The predicted molar refractivity (Wildman–Crippen MR) is 156 cm³/mol. The summed E-state index contributed by atoms with van der Waals surface area (Å²) in [6.07, 6.45) is 6.42. The third-order valence-corrected chi connectivity index (χ3v) is 9.64. The highest BCUT2D eigenvalue weighted by atomic mass is 32.2. The molecule has 3 fully saturated rings. The number of sulfonamides is 1. The fraction of sp³-hybridized carbons (Fsp3) is 0.483. The van der Waals surface area contributed by atoms with Gasteiger partial charge < -0.3 is 29.4 Å². The number of amides is 1. The van der Waals surface area contributed by atoms with E-state index in [0.717, 1.165) is 48.3 Å². The van der Waals surface area contributed by atoms with Crippen molar-refractivity contribution in [1.29, 1.82) is 0 Å². The number of aliphatic hydroxyl groups excluding tert-OH is 1. The molecule has 1 aliphatic carbocycles. The standard InChI is InChI=1S/C29H36N4O6S/c1-20-19-33(11-14-38-20)26-17-22(16-21-4-13-39-27(21)26)28(35)30-24-3-2-23(31-40(36,37)15-12-34)18-25(24)32-9-7-29(5-6-29)8-10-32/h2-4,13,16-18,20,31,34H,5-12,14-15,19H2,1H3,(H,30,35)/t20-/m1/s1. The van der Waals surface area contributed by atoms with Gasteiger partial charge in [-0.3, -0.25) is 9.52 Å². The van der Waals surface area contributed by atoms with Gasteiger partial charge in [-0.1, -0.05) is 0 Å². The number of carbonyl (C=O) groups is 1. The Morgan fingerprint density at radius 3 is 2.58 bits per heavy atom. The number of hydrogen-bond acceptors (Lipinski definition) is 8. The molecule has 1 amide bonds. The van der Waals surface area contributed by atoms with E-state index in [-0.39, 0.29) is 17.8 Å². The summed E-state index contributed by atoms with van der Waals surface area (Å²) in [6.45, 7) is 5.27. The number of hydrogen-bond donors (Lipinski definition) is 3. The normalized spacial score (nSPS) is 20.6. The Morgan fingerprint density at radius 2 is 1.85 bits per heavy atom. The summed E-state index contributed by atoms with van der Waals surface area (Å²) in [7, 11) is -3.68. The SMILES string of the molecule is C[C@@H]1CN(c2cc(C(=O)Nc3ccc(NS(=O)(=O)CCO)cc3N3CCC4(CC3)CC4)cc3ccoc23)CCO1. The molecule has 3 aliphatic rings. The number of nitrogens with one attached hydrogen (secondary N) is 2. The molecule has 1 spiro atoms. The Hall–Kier alpha value is -3.28. The van der Waals surface area contributed by atoms with Gasteiger partial charge in [-0.25, -0.2) is 8.42 Å². The zero-order chi connectivity index (χ0) is 27.9. The zero-order valence-corrected chi connectivity index (χ0v) is 23.5. The fourth-order valence-corrected chi connectivity index (χ4v) is 6.70. The third kappa shape index (κ3) is 5.63. The van der Waals surface area contributed by atoms with Crippen LogP contribution in [-0.4, -0.2) is 70.7 Å². The molecule has 214 valence electrons. The highest BCUT2D eigenvalue weighted by molar-refractivity contribution is 7.92. The van der Waals surface area contributed by atoms with Gasteiger partial charge in [0.15, 0.2) is 5.58 Å². The number of nitrogens with zero attached hydrogens (tertiary/aromatic N) is 2. The number of ether oxygens (including phenoxy) is 1. The van der Waals surface area contributed by atoms with Crippen LogP contribution >= 0.6 is 0 Å². The van der Waals surface area contributed by atoms with Gasteiger partial charge >= 0.3 is 0 Å². The molecule has 40 heavy (non-hydrogen) atoms. The molecule has 3 N–H and O–H groups in total. The Labute approximate surface area is 234 Å². The van der Waals surface area contributed by atoms with Crippen LogP contribution in [0.5, 0.6) is 0 Å². The lowest BCUT2D eigenvalue weighted by atomic mass is 9.93. The summed E-state index contributed by atoms with van der Waals surface area (Å²) in [5.74, 6) is -0.635.